The van der Waals surface area contributed by atoms with Gasteiger partial charge in [0.2, 0.25) is 5.91 Å². The molecule has 1 saturated heterocycles. The largest absolute Gasteiger partial charge is 0.354 e. The topological polar surface area (TPSA) is 78.5 Å². The van der Waals surface area contributed by atoms with Crippen LogP contribution in [-0.4, -0.2) is 41.4 Å². The fourth-order valence-corrected chi connectivity index (χ4v) is 3.16. The number of imide groups is 1. The van der Waals surface area contributed by atoms with E-state index >= 15 is 0 Å². The number of nitrogens with zero attached hydrogens (tertiary/aromatic N) is 1. The highest BCUT2D eigenvalue weighted by Crippen LogP contribution is 2.38. The van der Waals surface area contributed by atoms with Gasteiger partial charge in [-0.2, -0.15) is 0 Å². The monoisotopic (exact) mass is 295 g/mol. The van der Waals surface area contributed by atoms with E-state index in [0.717, 1.165) is 24.2 Å². The Morgan fingerprint density at radius 1 is 1.43 bits per heavy atom. The summed E-state index contributed by atoms with van der Waals surface area (Å²) in [5.41, 5.74) is -0.784. The molecule has 0 bridgehead atoms. The summed E-state index contributed by atoms with van der Waals surface area (Å²) in [6.45, 7) is 6.34. The molecule has 6 nitrogen and oxygen atoms in total. The molecule has 2 rings (SSSR count). The fourth-order valence-electron chi connectivity index (χ4n) is 3.16. The van der Waals surface area contributed by atoms with Crippen molar-refractivity contribution in [2.24, 2.45) is 11.8 Å². The van der Waals surface area contributed by atoms with Gasteiger partial charge in [-0.1, -0.05) is 33.6 Å². The lowest BCUT2D eigenvalue weighted by atomic mass is 9.73. The Kier molecular flexibility index (Phi) is 4.54. The molecule has 2 atom stereocenters. The molecule has 1 saturated carbocycles. The van der Waals surface area contributed by atoms with Crippen LogP contribution in [0, 0.1) is 11.8 Å². The molecule has 0 aromatic carbocycles. The molecule has 0 aromatic heterocycles. The fraction of sp³-hybridized carbons (Fsp3) is 0.800. The second-order valence-electron chi connectivity index (χ2n) is 6.64. The van der Waals surface area contributed by atoms with Crippen LogP contribution in [-0.2, 0) is 9.59 Å². The van der Waals surface area contributed by atoms with E-state index in [9.17, 15) is 14.4 Å². The first-order chi connectivity index (χ1) is 9.86. The second kappa shape index (κ2) is 6.03. The van der Waals surface area contributed by atoms with Crippen LogP contribution < -0.4 is 10.6 Å². The van der Waals surface area contributed by atoms with E-state index in [0.29, 0.717) is 18.9 Å². The molecule has 2 N–H and O–H groups in total. The summed E-state index contributed by atoms with van der Waals surface area (Å²) < 4.78 is 0. The first-order valence-corrected chi connectivity index (χ1v) is 7.77. The standard InChI is InChI=1S/C15H25N3O3/c1-10(2)8-16-12(19)9-18-13(20)15(17-14(18)21)7-5-4-6-11(15)3/h10-11H,4-9H2,1-3H3,(H,16,19)(H,17,21)/t11-,15+/m0/s1. The Bertz CT molecular complexity index is 449. The van der Waals surface area contributed by atoms with Crippen molar-refractivity contribution in [1.82, 2.24) is 15.5 Å². The van der Waals surface area contributed by atoms with Crippen LogP contribution in [0.15, 0.2) is 0 Å². The van der Waals surface area contributed by atoms with E-state index < -0.39 is 11.6 Å². The molecule has 0 radical (unpaired) electrons. The summed E-state index contributed by atoms with van der Waals surface area (Å²) in [5, 5.41) is 5.59. The molecular formula is C15H25N3O3. The second-order valence-corrected chi connectivity index (χ2v) is 6.64. The molecule has 2 aliphatic rings. The van der Waals surface area contributed by atoms with Crippen molar-refractivity contribution < 1.29 is 14.4 Å². The van der Waals surface area contributed by atoms with Gasteiger partial charge in [0.25, 0.3) is 5.91 Å². The molecule has 1 aliphatic carbocycles. The van der Waals surface area contributed by atoms with Gasteiger partial charge in [-0.15, -0.1) is 0 Å². The molecule has 4 amide bonds. The van der Waals surface area contributed by atoms with Crippen molar-refractivity contribution in [1.29, 1.82) is 0 Å². The Morgan fingerprint density at radius 2 is 2.14 bits per heavy atom. The van der Waals surface area contributed by atoms with E-state index in [2.05, 4.69) is 10.6 Å². The summed E-state index contributed by atoms with van der Waals surface area (Å²) in [7, 11) is 0. The molecule has 1 heterocycles. The summed E-state index contributed by atoms with van der Waals surface area (Å²) in [6.07, 6.45) is 3.62. The van der Waals surface area contributed by atoms with Gasteiger partial charge in [0.1, 0.15) is 12.1 Å². The molecule has 1 spiro atoms. The van der Waals surface area contributed by atoms with Crippen molar-refractivity contribution in [2.75, 3.05) is 13.1 Å². The molecule has 1 aliphatic heterocycles. The van der Waals surface area contributed by atoms with Crippen LogP contribution in [0.2, 0.25) is 0 Å². The van der Waals surface area contributed by atoms with E-state index in [4.69, 9.17) is 0 Å². The minimum absolute atomic E-state index is 0.117. The zero-order chi connectivity index (χ0) is 15.6. The van der Waals surface area contributed by atoms with Crippen LogP contribution in [0.1, 0.15) is 46.5 Å². The predicted molar refractivity (Wildman–Crippen MR) is 78.5 cm³/mol. The van der Waals surface area contributed by atoms with Crippen LogP contribution in [0.5, 0.6) is 0 Å². The number of hydrogen-bond donors (Lipinski definition) is 2. The number of nitrogens with one attached hydrogen (secondary N) is 2. The predicted octanol–water partition coefficient (Wildman–Crippen LogP) is 1.26. The summed E-state index contributed by atoms with van der Waals surface area (Å²) in [5.74, 6) is -0.0692. The molecule has 2 fully saturated rings. The molecular weight excluding hydrogens is 270 g/mol. The number of hydrogen-bond acceptors (Lipinski definition) is 3. The van der Waals surface area contributed by atoms with Gasteiger partial charge in [-0.05, 0) is 24.7 Å². The first-order valence-electron chi connectivity index (χ1n) is 7.77. The average Bonchev–Trinajstić information content (AvgIpc) is 2.65. The maximum Gasteiger partial charge on any atom is 0.325 e. The molecule has 6 heteroatoms. The maximum absolute atomic E-state index is 12.6. The summed E-state index contributed by atoms with van der Waals surface area (Å²) in [4.78, 5) is 37.7. The third-order valence-electron chi connectivity index (χ3n) is 4.51. The molecule has 21 heavy (non-hydrogen) atoms. The lowest BCUT2D eigenvalue weighted by molar-refractivity contribution is -0.137. The van der Waals surface area contributed by atoms with Gasteiger partial charge in [0.15, 0.2) is 0 Å². The van der Waals surface area contributed by atoms with Crippen molar-refractivity contribution in [3.63, 3.8) is 0 Å². The highest BCUT2D eigenvalue weighted by atomic mass is 16.2. The van der Waals surface area contributed by atoms with Crippen molar-refractivity contribution >= 4 is 17.8 Å². The van der Waals surface area contributed by atoms with Crippen molar-refractivity contribution in [3.05, 3.63) is 0 Å². The quantitative estimate of drug-likeness (QED) is 0.766. The number of carbonyl (C=O) groups excluding carboxylic acids is 3. The van der Waals surface area contributed by atoms with Gasteiger partial charge < -0.3 is 10.6 Å². The number of rotatable bonds is 4. The average molecular weight is 295 g/mol. The SMILES string of the molecule is CC(C)CNC(=O)CN1C(=O)N[C@@]2(CCCC[C@@H]2C)C1=O. The zero-order valence-corrected chi connectivity index (χ0v) is 13.1. The maximum atomic E-state index is 12.6. The van der Waals surface area contributed by atoms with Gasteiger partial charge in [0.05, 0.1) is 0 Å². The zero-order valence-electron chi connectivity index (χ0n) is 13.1. The van der Waals surface area contributed by atoms with Gasteiger partial charge in [-0.25, -0.2) is 4.79 Å². The number of amides is 4. The first kappa shape index (κ1) is 15.8. The third-order valence-corrected chi connectivity index (χ3v) is 4.51. The van der Waals surface area contributed by atoms with Crippen LogP contribution in [0.4, 0.5) is 4.79 Å². The van der Waals surface area contributed by atoms with Crippen molar-refractivity contribution in [2.45, 2.75) is 52.0 Å². The summed E-state index contributed by atoms with van der Waals surface area (Å²) >= 11 is 0. The van der Waals surface area contributed by atoms with E-state index in [1.807, 2.05) is 20.8 Å². The minimum atomic E-state index is -0.784. The highest BCUT2D eigenvalue weighted by Gasteiger charge is 2.55. The Balaban J connectivity index is 2.03. The summed E-state index contributed by atoms with van der Waals surface area (Å²) in [6, 6.07) is -0.437. The Labute approximate surface area is 125 Å². The van der Waals surface area contributed by atoms with Gasteiger partial charge in [-0.3, -0.25) is 14.5 Å². The van der Waals surface area contributed by atoms with Gasteiger partial charge in [0, 0.05) is 6.54 Å². The van der Waals surface area contributed by atoms with Crippen LogP contribution in [0.25, 0.3) is 0 Å². The minimum Gasteiger partial charge on any atom is -0.354 e. The highest BCUT2D eigenvalue weighted by molar-refractivity contribution is 6.09. The van der Waals surface area contributed by atoms with Gasteiger partial charge >= 0.3 is 6.03 Å². The molecule has 118 valence electrons. The van der Waals surface area contributed by atoms with Crippen LogP contribution in [0.3, 0.4) is 0 Å². The smallest absolute Gasteiger partial charge is 0.325 e. The number of urea groups is 1. The van der Waals surface area contributed by atoms with Crippen molar-refractivity contribution in [3.8, 4) is 0 Å². The number of carbonyl (C=O) groups is 3. The molecule has 0 unspecified atom stereocenters. The third kappa shape index (κ3) is 3.04. The Morgan fingerprint density at radius 3 is 2.76 bits per heavy atom. The Hall–Kier alpha value is -1.59. The lowest BCUT2D eigenvalue weighted by Gasteiger charge is -2.36. The normalized spacial score (nSPS) is 29.1. The van der Waals surface area contributed by atoms with E-state index in [1.54, 1.807) is 0 Å². The lowest BCUT2D eigenvalue weighted by Crippen LogP contribution is -2.54. The van der Waals surface area contributed by atoms with E-state index in [-0.39, 0.29) is 24.3 Å². The molecule has 0 aromatic rings. The van der Waals surface area contributed by atoms with E-state index in [1.165, 1.54) is 0 Å². The van der Waals surface area contributed by atoms with Crippen LogP contribution >= 0.6 is 0 Å².